The highest BCUT2D eigenvalue weighted by atomic mass is 16.6. The predicted molar refractivity (Wildman–Crippen MR) is 114 cm³/mol. The van der Waals surface area contributed by atoms with Gasteiger partial charge in [-0.1, -0.05) is 13.8 Å². The van der Waals surface area contributed by atoms with Crippen LogP contribution in [0.4, 0.5) is 4.79 Å². The quantitative estimate of drug-likeness (QED) is 0.249. The van der Waals surface area contributed by atoms with Crippen molar-refractivity contribution in [2.75, 3.05) is 46.6 Å². The average Bonchev–Trinajstić information content (AvgIpc) is 2.62. The van der Waals surface area contributed by atoms with Crippen LogP contribution in [0, 0.1) is 0 Å². The van der Waals surface area contributed by atoms with Crippen LogP contribution < -0.4 is 16.0 Å². The summed E-state index contributed by atoms with van der Waals surface area (Å²) in [4.78, 5) is 16.9. The molecule has 0 radical (unpaired) electrons. The smallest absolute Gasteiger partial charge is 0.408 e. The molecule has 0 heterocycles. The number of amides is 1. The lowest BCUT2D eigenvalue weighted by Gasteiger charge is -2.32. The van der Waals surface area contributed by atoms with Crippen LogP contribution in [0.5, 0.6) is 0 Å². The number of hydrogen-bond acceptors (Lipinski definition) is 5. The molecule has 0 aromatic rings. The van der Waals surface area contributed by atoms with Gasteiger partial charge in [-0.2, -0.15) is 0 Å². The van der Waals surface area contributed by atoms with Crippen LogP contribution >= 0.6 is 0 Å². The Balaban J connectivity index is 4.69. The normalized spacial score (nSPS) is 12.6. The van der Waals surface area contributed by atoms with Crippen LogP contribution in [0.3, 0.4) is 0 Å². The summed E-state index contributed by atoms with van der Waals surface area (Å²) < 4.78 is 15.8. The molecule has 8 nitrogen and oxygen atoms in total. The molecule has 0 fully saturated rings. The Kier molecular flexibility index (Phi) is 13.7. The number of rotatable bonds is 13. The molecule has 28 heavy (non-hydrogen) atoms. The highest BCUT2D eigenvalue weighted by Gasteiger charge is 2.30. The van der Waals surface area contributed by atoms with Crippen LogP contribution in [0.15, 0.2) is 4.99 Å². The van der Waals surface area contributed by atoms with E-state index in [-0.39, 0.29) is 0 Å². The lowest BCUT2D eigenvalue weighted by atomic mass is 9.93. The standard InChI is InChI=1S/C20H42N4O4/c1-8-20(9-2,24-18(25)28-19(4,5)6)16-23-17(21-10-3)22-12-11-13-27-15-14-26-7/h8-16H2,1-7H3,(H,24,25)(H2,21,22,23). The van der Waals surface area contributed by atoms with Gasteiger partial charge < -0.3 is 30.2 Å². The van der Waals surface area contributed by atoms with Crippen LogP contribution in [0.1, 0.15) is 60.8 Å². The van der Waals surface area contributed by atoms with E-state index < -0.39 is 17.2 Å². The molecule has 0 spiro atoms. The van der Waals surface area contributed by atoms with Crippen LogP contribution in [-0.2, 0) is 14.2 Å². The highest BCUT2D eigenvalue weighted by molar-refractivity contribution is 5.79. The first-order valence-electron chi connectivity index (χ1n) is 10.3. The zero-order valence-electron chi connectivity index (χ0n) is 18.9. The fourth-order valence-corrected chi connectivity index (χ4v) is 2.41. The van der Waals surface area contributed by atoms with Crippen molar-refractivity contribution in [2.24, 2.45) is 4.99 Å². The molecule has 0 bridgehead atoms. The molecule has 0 aliphatic rings. The van der Waals surface area contributed by atoms with Gasteiger partial charge in [0.2, 0.25) is 0 Å². The van der Waals surface area contributed by atoms with E-state index in [1.54, 1.807) is 7.11 Å². The molecule has 0 aromatic heterocycles. The third kappa shape index (κ3) is 12.8. The first-order chi connectivity index (χ1) is 13.2. The van der Waals surface area contributed by atoms with E-state index in [4.69, 9.17) is 14.2 Å². The van der Waals surface area contributed by atoms with Gasteiger partial charge in [-0.15, -0.1) is 0 Å². The van der Waals surface area contributed by atoms with Gasteiger partial charge >= 0.3 is 6.09 Å². The zero-order chi connectivity index (χ0) is 21.5. The maximum atomic E-state index is 12.2. The number of alkyl carbamates (subject to hydrolysis) is 1. The van der Waals surface area contributed by atoms with Crippen LogP contribution in [-0.4, -0.2) is 69.8 Å². The van der Waals surface area contributed by atoms with Crippen molar-refractivity contribution in [3.05, 3.63) is 0 Å². The third-order valence-corrected chi connectivity index (χ3v) is 4.19. The Hall–Kier alpha value is -1.54. The lowest BCUT2D eigenvalue weighted by molar-refractivity contribution is 0.0452. The number of nitrogens with zero attached hydrogens (tertiary/aromatic N) is 1. The summed E-state index contributed by atoms with van der Waals surface area (Å²) in [6.45, 7) is 15.6. The number of carbonyl (C=O) groups is 1. The number of guanidine groups is 1. The molecule has 1 amide bonds. The van der Waals surface area contributed by atoms with Crippen LogP contribution in [0.2, 0.25) is 0 Å². The number of aliphatic imine (C=N–C) groups is 1. The van der Waals surface area contributed by atoms with E-state index in [9.17, 15) is 4.79 Å². The maximum Gasteiger partial charge on any atom is 0.408 e. The van der Waals surface area contributed by atoms with Gasteiger partial charge in [0, 0.05) is 26.8 Å². The summed E-state index contributed by atoms with van der Waals surface area (Å²) in [6, 6.07) is 0. The molecule has 0 saturated heterocycles. The van der Waals surface area contributed by atoms with E-state index in [0.29, 0.717) is 26.4 Å². The van der Waals surface area contributed by atoms with Crippen molar-refractivity contribution in [3.8, 4) is 0 Å². The first-order valence-corrected chi connectivity index (χ1v) is 10.3. The van der Waals surface area contributed by atoms with Crippen molar-refractivity contribution < 1.29 is 19.0 Å². The minimum atomic E-state index is -0.525. The molecule has 0 atom stereocenters. The van der Waals surface area contributed by atoms with Gasteiger partial charge in [-0.05, 0) is 47.0 Å². The molecule has 166 valence electrons. The van der Waals surface area contributed by atoms with E-state index in [1.807, 2.05) is 41.5 Å². The maximum absolute atomic E-state index is 12.2. The fraction of sp³-hybridized carbons (Fsp3) is 0.900. The largest absolute Gasteiger partial charge is 0.444 e. The third-order valence-electron chi connectivity index (χ3n) is 4.19. The Labute approximate surface area is 171 Å². The van der Waals surface area contributed by atoms with Crippen molar-refractivity contribution in [1.82, 2.24) is 16.0 Å². The van der Waals surface area contributed by atoms with E-state index in [2.05, 4.69) is 20.9 Å². The fourth-order valence-electron chi connectivity index (χ4n) is 2.41. The molecule has 8 heteroatoms. The Morgan fingerprint density at radius 3 is 2.21 bits per heavy atom. The van der Waals surface area contributed by atoms with E-state index >= 15 is 0 Å². The molecule has 0 unspecified atom stereocenters. The Bertz CT molecular complexity index is 446. The zero-order valence-corrected chi connectivity index (χ0v) is 18.9. The summed E-state index contributed by atoms with van der Waals surface area (Å²) in [5, 5.41) is 9.57. The predicted octanol–water partition coefficient (Wildman–Crippen LogP) is 2.68. The molecular formula is C20H42N4O4. The number of nitrogens with one attached hydrogen (secondary N) is 3. The van der Waals surface area contributed by atoms with Crippen LogP contribution in [0.25, 0.3) is 0 Å². The minimum Gasteiger partial charge on any atom is -0.444 e. The highest BCUT2D eigenvalue weighted by Crippen LogP contribution is 2.17. The lowest BCUT2D eigenvalue weighted by Crippen LogP contribution is -2.52. The second-order valence-electron chi connectivity index (χ2n) is 7.69. The topological polar surface area (TPSA) is 93.2 Å². The molecule has 3 N–H and O–H groups in total. The molecule has 0 aliphatic carbocycles. The SMILES string of the molecule is CCNC(=NCC(CC)(CC)NC(=O)OC(C)(C)C)NCCCOCCOC. The van der Waals surface area contributed by atoms with Gasteiger partial charge in [-0.3, -0.25) is 4.99 Å². The molecule has 0 aliphatic heterocycles. The summed E-state index contributed by atoms with van der Waals surface area (Å²) in [7, 11) is 1.66. The van der Waals surface area contributed by atoms with Gasteiger partial charge in [0.05, 0.1) is 25.3 Å². The summed E-state index contributed by atoms with van der Waals surface area (Å²) in [6.07, 6.45) is 1.99. The second kappa shape index (κ2) is 14.5. The summed E-state index contributed by atoms with van der Waals surface area (Å²) in [5.74, 6) is 0.733. The van der Waals surface area contributed by atoms with E-state index in [0.717, 1.165) is 38.3 Å². The van der Waals surface area contributed by atoms with Crippen molar-refractivity contribution in [1.29, 1.82) is 0 Å². The number of carbonyl (C=O) groups excluding carboxylic acids is 1. The van der Waals surface area contributed by atoms with E-state index in [1.165, 1.54) is 0 Å². The first kappa shape index (κ1) is 26.5. The monoisotopic (exact) mass is 402 g/mol. The minimum absolute atomic E-state index is 0.405. The second-order valence-corrected chi connectivity index (χ2v) is 7.69. The van der Waals surface area contributed by atoms with Gasteiger partial charge in [-0.25, -0.2) is 4.79 Å². The average molecular weight is 403 g/mol. The number of ether oxygens (including phenoxy) is 3. The number of hydrogen-bond donors (Lipinski definition) is 3. The van der Waals surface area contributed by atoms with Gasteiger partial charge in [0.15, 0.2) is 5.96 Å². The molecule has 0 saturated carbocycles. The van der Waals surface area contributed by atoms with Crippen molar-refractivity contribution in [3.63, 3.8) is 0 Å². The molecular weight excluding hydrogens is 360 g/mol. The molecule has 0 rings (SSSR count). The summed E-state index contributed by atoms with van der Waals surface area (Å²) >= 11 is 0. The Morgan fingerprint density at radius 1 is 1.00 bits per heavy atom. The van der Waals surface area contributed by atoms with Crippen molar-refractivity contribution >= 4 is 12.1 Å². The Morgan fingerprint density at radius 2 is 1.68 bits per heavy atom. The van der Waals surface area contributed by atoms with Crippen molar-refractivity contribution in [2.45, 2.75) is 71.9 Å². The molecule has 0 aromatic carbocycles. The van der Waals surface area contributed by atoms with Gasteiger partial charge in [0.25, 0.3) is 0 Å². The van der Waals surface area contributed by atoms with Gasteiger partial charge in [0.1, 0.15) is 5.60 Å². The summed E-state index contributed by atoms with van der Waals surface area (Å²) in [5.41, 5.74) is -0.962. The number of methoxy groups -OCH3 is 1.